The molecule has 9 nitrogen and oxygen atoms in total. The molecule has 1 aromatic carbocycles. The zero-order chi connectivity index (χ0) is 21.8. The largest absolute Gasteiger partial charge is 0.496 e. The Morgan fingerprint density at radius 2 is 2.03 bits per heavy atom. The minimum Gasteiger partial charge on any atom is -0.496 e. The van der Waals surface area contributed by atoms with Gasteiger partial charge in [-0.1, -0.05) is 0 Å². The first kappa shape index (κ1) is 21.5. The van der Waals surface area contributed by atoms with E-state index in [0.29, 0.717) is 12.1 Å². The minimum absolute atomic E-state index is 0.108. The van der Waals surface area contributed by atoms with Gasteiger partial charge in [-0.15, -0.1) is 0 Å². The molecular weight excluding hydrogens is 392 g/mol. The van der Waals surface area contributed by atoms with Crippen LogP contribution in [0.5, 0.6) is 5.75 Å². The van der Waals surface area contributed by atoms with Crippen LogP contribution >= 0.6 is 0 Å². The molecule has 2 aromatic rings. The van der Waals surface area contributed by atoms with Crippen LogP contribution in [0.15, 0.2) is 24.3 Å². The van der Waals surface area contributed by atoms with Crippen LogP contribution in [0.1, 0.15) is 44.9 Å². The summed E-state index contributed by atoms with van der Waals surface area (Å²) in [6.45, 7) is 4.72. The van der Waals surface area contributed by atoms with Crippen molar-refractivity contribution >= 4 is 17.4 Å². The predicted molar refractivity (Wildman–Crippen MR) is 107 cm³/mol. The highest BCUT2D eigenvalue weighted by atomic mass is 16.6. The molecule has 0 unspecified atom stereocenters. The van der Waals surface area contributed by atoms with E-state index in [4.69, 9.17) is 14.2 Å². The maximum absolute atomic E-state index is 12.7. The van der Waals surface area contributed by atoms with Gasteiger partial charge in [0, 0.05) is 42.2 Å². The summed E-state index contributed by atoms with van der Waals surface area (Å²) in [7, 11) is 1.34. The number of nitrogens with zero attached hydrogens (tertiary/aromatic N) is 2. The molecule has 0 spiro atoms. The van der Waals surface area contributed by atoms with Crippen molar-refractivity contribution in [2.75, 3.05) is 20.3 Å². The lowest BCUT2D eigenvalue weighted by molar-refractivity contribution is -0.384. The number of esters is 1. The van der Waals surface area contributed by atoms with Crippen LogP contribution in [0.25, 0.3) is 0 Å². The Labute approximate surface area is 173 Å². The van der Waals surface area contributed by atoms with E-state index in [1.54, 1.807) is 6.07 Å². The number of aromatic nitrogens is 1. The van der Waals surface area contributed by atoms with Crippen LogP contribution in [0.3, 0.4) is 0 Å². The van der Waals surface area contributed by atoms with Crippen molar-refractivity contribution in [3.8, 4) is 5.75 Å². The Morgan fingerprint density at radius 3 is 2.67 bits per heavy atom. The van der Waals surface area contributed by atoms with Gasteiger partial charge in [-0.25, -0.2) is 4.79 Å². The number of aryl methyl sites for hydroxylation is 1. The molecule has 0 aliphatic carbocycles. The van der Waals surface area contributed by atoms with Crippen molar-refractivity contribution in [2.24, 2.45) is 0 Å². The van der Waals surface area contributed by atoms with Gasteiger partial charge in [0.15, 0.2) is 6.61 Å². The number of hydrogen-bond donors (Lipinski definition) is 0. The van der Waals surface area contributed by atoms with Crippen LogP contribution in [-0.2, 0) is 16.0 Å². The molecule has 1 aliphatic heterocycles. The number of ketones is 1. The van der Waals surface area contributed by atoms with Gasteiger partial charge in [-0.3, -0.25) is 14.9 Å². The van der Waals surface area contributed by atoms with E-state index in [2.05, 4.69) is 0 Å². The molecule has 0 bridgehead atoms. The van der Waals surface area contributed by atoms with Gasteiger partial charge < -0.3 is 18.8 Å². The summed E-state index contributed by atoms with van der Waals surface area (Å²) >= 11 is 0. The minimum atomic E-state index is -0.864. The molecule has 9 heteroatoms. The molecular formula is C21H24N2O7. The van der Waals surface area contributed by atoms with Gasteiger partial charge >= 0.3 is 5.97 Å². The number of ether oxygens (including phenoxy) is 3. The Kier molecular flexibility index (Phi) is 6.51. The molecule has 0 saturated carbocycles. The first-order chi connectivity index (χ1) is 14.3. The topological polar surface area (TPSA) is 110 Å². The van der Waals surface area contributed by atoms with Crippen LogP contribution in [0, 0.1) is 24.0 Å². The van der Waals surface area contributed by atoms with Gasteiger partial charge in [0.05, 0.1) is 18.1 Å². The third-order valence-electron chi connectivity index (χ3n) is 5.23. The SMILES string of the molecule is COc1ccc([N+](=O)[O-])cc1C(=O)OCC(=O)c1cc(C)n(C[C@H]2CCCO2)c1C. The average Bonchev–Trinajstić information content (AvgIpc) is 3.35. The van der Waals surface area contributed by atoms with Crippen molar-refractivity contribution in [2.45, 2.75) is 39.3 Å². The average molecular weight is 416 g/mol. The number of nitro benzene ring substituents is 1. The summed E-state index contributed by atoms with van der Waals surface area (Å²) in [6, 6.07) is 5.38. The summed E-state index contributed by atoms with van der Waals surface area (Å²) in [4.78, 5) is 35.4. The maximum Gasteiger partial charge on any atom is 0.342 e. The number of rotatable bonds is 8. The molecule has 30 heavy (non-hydrogen) atoms. The van der Waals surface area contributed by atoms with E-state index in [1.807, 2.05) is 18.4 Å². The number of carbonyl (C=O) groups is 2. The van der Waals surface area contributed by atoms with Crippen molar-refractivity contribution < 1.29 is 28.7 Å². The first-order valence-corrected chi connectivity index (χ1v) is 9.63. The third kappa shape index (κ3) is 4.51. The predicted octanol–water partition coefficient (Wildman–Crippen LogP) is 3.24. The molecule has 1 aromatic heterocycles. The van der Waals surface area contributed by atoms with E-state index in [0.717, 1.165) is 36.9 Å². The van der Waals surface area contributed by atoms with E-state index in [-0.39, 0.29) is 28.9 Å². The monoisotopic (exact) mass is 416 g/mol. The summed E-state index contributed by atoms with van der Waals surface area (Å²) < 4.78 is 17.9. The molecule has 2 heterocycles. The molecule has 1 aliphatic rings. The van der Waals surface area contributed by atoms with E-state index < -0.39 is 17.5 Å². The smallest absolute Gasteiger partial charge is 0.342 e. The van der Waals surface area contributed by atoms with Gasteiger partial charge in [0.1, 0.15) is 11.3 Å². The van der Waals surface area contributed by atoms with Crippen molar-refractivity contribution in [1.82, 2.24) is 4.57 Å². The molecule has 1 fully saturated rings. The fraction of sp³-hybridized carbons (Fsp3) is 0.429. The number of hydrogen-bond acceptors (Lipinski definition) is 7. The highest BCUT2D eigenvalue weighted by Gasteiger charge is 2.23. The second kappa shape index (κ2) is 9.08. The number of non-ortho nitro benzene ring substituents is 1. The molecule has 0 amide bonds. The van der Waals surface area contributed by atoms with E-state index in [9.17, 15) is 19.7 Å². The van der Waals surface area contributed by atoms with Gasteiger partial charge in [0.2, 0.25) is 5.78 Å². The standard InChI is InChI=1S/C21H24N2O7/c1-13-9-17(14(2)22(13)11-16-5-4-8-29-16)19(24)12-30-21(25)18-10-15(23(26)27)6-7-20(18)28-3/h6-7,9-10,16H,4-5,8,11-12H2,1-3H3/t16-/m1/s1. The van der Waals surface area contributed by atoms with Crippen molar-refractivity contribution in [3.63, 3.8) is 0 Å². The van der Waals surface area contributed by atoms with Crippen LogP contribution in [0.2, 0.25) is 0 Å². The Bertz CT molecular complexity index is 974. The first-order valence-electron chi connectivity index (χ1n) is 9.63. The van der Waals surface area contributed by atoms with Gasteiger partial charge in [-0.05, 0) is 38.8 Å². The lowest BCUT2D eigenvalue weighted by atomic mass is 10.1. The Hall–Kier alpha value is -3.20. The molecule has 160 valence electrons. The van der Waals surface area contributed by atoms with Gasteiger partial charge in [0.25, 0.3) is 5.69 Å². The number of nitro groups is 1. The van der Waals surface area contributed by atoms with Crippen molar-refractivity contribution in [1.29, 1.82) is 0 Å². The number of methoxy groups -OCH3 is 1. The molecule has 3 rings (SSSR count). The van der Waals surface area contributed by atoms with Crippen molar-refractivity contribution in [3.05, 3.63) is 56.9 Å². The van der Waals surface area contributed by atoms with E-state index >= 15 is 0 Å². The molecule has 1 atom stereocenters. The third-order valence-corrected chi connectivity index (χ3v) is 5.23. The second-order valence-corrected chi connectivity index (χ2v) is 7.17. The Morgan fingerprint density at radius 1 is 1.27 bits per heavy atom. The normalized spacial score (nSPS) is 15.8. The van der Waals surface area contributed by atoms with Gasteiger partial charge in [-0.2, -0.15) is 0 Å². The molecule has 0 radical (unpaired) electrons. The number of benzene rings is 1. The molecule has 0 N–H and O–H groups in total. The lowest BCUT2D eigenvalue weighted by Crippen LogP contribution is -2.18. The lowest BCUT2D eigenvalue weighted by Gasteiger charge is -2.14. The van der Waals surface area contributed by atoms with Crippen LogP contribution < -0.4 is 4.74 Å². The van der Waals surface area contributed by atoms with Crippen LogP contribution in [-0.4, -0.2) is 47.7 Å². The summed E-state index contributed by atoms with van der Waals surface area (Å²) in [6.07, 6.45) is 2.16. The summed E-state index contributed by atoms with van der Waals surface area (Å²) in [5.41, 5.74) is 1.81. The van der Waals surface area contributed by atoms with E-state index in [1.165, 1.54) is 19.2 Å². The number of carbonyl (C=O) groups excluding carboxylic acids is 2. The fourth-order valence-electron chi connectivity index (χ4n) is 3.61. The maximum atomic E-state index is 12.7. The second-order valence-electron chi connectivity index (χ2n) is 7.17. The molecule has 1 saturated heterocycles. The van der Waals surface area contributed by atoms with Crippen LogP contribution in [0.4, 0.5) is 5.69 Å². The summed E-state index contributed by atoms with van der Waals surface area (Å²) in [5, 5.41) is 11.0. The summed E-state index contributed by atoms with van der Waals surface area (Å²) in [5.74, 6) is -1.08. The fourth-order valence-corrected chi connectivity index (χ4v) is 3.61. The highest BCUT2D eigenvalue weighted by Crippen LogP contribution is 2.25. The zero-order valence-electron chi connectivity index (χ0n) is 17.2. The zero-order valence-corrected chi connectivity index (χ0v) is 17.2. The number of Topliss-reactive ketones (excluding diaryl/α,β-unsaturated/α-hetero) is 1. The highest BCUT2D eigenvalue weighted by molar-refractivity contribution is 6.01. The Balaban J connectivity index is 1.71. The quantitative estimate of drug-likeness (QED) is 0.281.